The van der Waals surface area contributed by atoms with Crippen LogP contribution in [-0.4, -0.2) is 39.6 Å². The van der Waals surface area contributed by atoms with Gasteiger partial charge in [-0.3, -0.25) is 9.79 Å². The highest BCUT2D eigenvalue weighted by Gasteiger charge is 2.06. The van der Waals surface area contributed by atoms with Crippen LogP contribution in [-0.2, 0) is 13.0 Å². The molecule has 0 fully saturated rings. The van der Waals surface area contributed by atoms with Gasteiger partial charge in [-0.15, -0.1) is 11.3 Å². The van der Waals surface area contributed by atoms with Crippen LogP contribution in [0.1, 0.15) is 20.8 Å². The van der Waals surface area contributed by atoms with E-state index in [4.69, 9.17) is 4.74 Å². The smallest absolute Gasteiger partial charge is 0.251 e. The Morgan fingerprint density at radius 3 is 2.58 bits per heavy atom. The number of hydrogen-bond donors (Lipinski definition) is 3. The SMILES string of the molecule is CN=C(NCCc1cccc(C(=O)NC)c1)NCc1cc(-c2ccc(OC)cc2)cs1. The van der Waals surface area contributed by atoms with Crippen LogP contribution < -0.4 is 20.7 Å². The quantitative estimate of drug-likeness (QED) is 0.372. The molecular weight excluding hydrogens is 408 g/mol. The van der Waals surface area contributed by atoms with E-state index in [1.165, 1.54) is 16.0 Å². The van der Waals surface area contributed by atoms with E-state index in [1.54, 1.807) is 32.5 Å². The minimum atomic E-state index is -0.0720. The van der Waals surface area contributed by atoms with Crippen LogP contribution >= 0.6 is 11.3 Å². The molecule has 162 valence electrons. The molecule has 3 aromatic rings. The molecule has 0 aliphatic heterocycles. The number of thiophene rings is 1. The number of hydrogen-bond acceptors (Lipinski definition) is 4. The first-order valence-corrected chi connectivity index (χ1v) is 11.0. The second-order valence-electron chi connectivity index (χ2n) is 6.91. The maximum atomic E-state index is 11.8. The number of methoxy groups -OCH3 is 1. The fourth-order valence-electron chi connectivity index (χ4n) is 3.14. The first-order chi connectivity index (χ1) is 15.1. The van der Waals surface area contributed by atoms with Crippen molar-refractivity contribution in [1.82, 2.24) is 16.0 Å². The van der Waals surface area contributed by atoms with Crippen molar-refractivity contribution in [2.45, 2.75) is 13.0 Å². The lowest BCUT2D eigenvalue weighted by molar-refractivity contribution is 0.0963. The zero-order valence-corrected chi connectivity index (χ0v) is 18.9. The van der Waals surface area contributed by atoms with Crippen molar-refractivity contribution in [3.05, 3.63) is 76.0 Å². The molecule has 0 saturated heterocycles. The zero-order chi connectivity index (χ0) is 22.1. The summed E-state index contributed by atoms with van der Waals surface area (Å²) >= 11 is 1.72. The number of ether oxygens (including phenoxy) is 1. The summed E-state index contributed by atoms with van der Waals surface area (Å²) in [5, 5.41) is 11.5. The van der Waals surface area contributed by atoms with Crippen LogP contribution in [0.4, 0.5) is 0 Å². The number of aliphatic imine (C=N–C) groups is 1. The first kappa shape index (κ1) is 22.4. The summed E-state index contributed by atoms with van der Waals surface area (Å²) in [5.74, 6) is 1.54. The number of rotatable bonds is 8. The van der Waals surface area contributed by atoms with Gasteiger partial charge in [0.15, 0.2) is 5.96 Å². The lowest BCUT2D eigenvalue weighted by Crippen LogP contribution is -2.37. The first-order valence-electron chi connectivity index (χ1n) is 10.1. The van der Waals surface area contributed by atoms with Gasteiger partial charge in [0, 0.05) is 31.1 Å². The molecule has 0 saturated carbocycles. The van der Waals surface area contributed by atoms with E-state index >= 15 is 0 Å². The van der Waals surface area contributed by atoms with Crippen LogP contribution in [0.3, 0.4) is 0 Å². The zero-order valence-electron chi connectivity index (χ0n) is 18.1. The Labute approximate surface area is 187 Å². The van der Waals surface area contributed by atoms with Gasteiger partial charge in [-0.05, 0) is 58.8 Å². The average Bonchev–Trinajstić information content (AvgIpc) is 3.30. The van der Waals surface area contributed by atoms with Crippen LogP contribution in [0, 0.1) is 0 Å². The Morgan fingerprint density at radius 1 is 1.06 bits per heavy atom. The van der Waals surface area contributed by atoms with Crippen LogP contribution in [0.5, 0.6) is 5.75 Å². The number of carbonyl (C=O) groups excluding carboxylic acids is 1. The molecule has 3 rings (SSSR count). The highest BCUT2D eigenvalue weighted by molar-refractivity contribution is 7.10. The van der Waals surface area contributed by atoms with Gasteiger partial charge in [0.25, 0.3) is 5.91 Å². The molecule has 7 heteroatoms. The third-order valence-corrected chi connectivity index (χ3v) is 5.79. The molecule has 0 radical (unpaired) electrons. The minimum Gasteiger partial charge on any atom is -0.497 e. The van der Waals surface area contributed by atoms with Gasteiger partial charge in [0.1, 0.15) is 5.75 Å². The van der Waals surface area contributed by atoms with E-state index < -0.39 is 0 Å². The summed E-state index contributed by atoms with van der Waals surface area (Å²) < 4.78 is 5.22. The summed E-state index contributed by atoms with van der Waals surface area (Å²) in [5.41, 5.74) is 4.15. The van der Waals surface area contributed by atoms with E-state index in [9.17, 15) is 4.79 Å². The molecule has 1 aromatic heterocycles. The molecule has 0 bridgehead atoms. The van der Waals surface area contributed by atoms with E-state index in [0.717, 1.165) is 30.2 Å². The largest absolute Gasteiger partial charge is 0.497 e. The van der Waals surface area contributed by atoms with Crippen molar-refractivity contribution in [1.29, 1.82) is 0 Å². The summed E-state index contributed by atoms with van der Waals surface area (Å²) in [6.45, 7) is 1.42. The minimum absolute atomic E-state index is 0.0720. The monoisotopic (exact) mass is 436 g/mol. The lowest BCUT2D eigenvalue weighted by Gasteiger charge is -2.11. The second-order valence-corrected chi connectivity index (χ2v) is 7.91. The second kappa shape index (κ2) is 11.2. The number of nitrogens with zero attached hydrogens (tertiary/aromatic N) is 1. The number of nitrogens with one attached hydrogen (secondary N) is 3. The van der Waals surface area contributed by atoms with Gasteiger partial charge in [-0.1, -0.05) is 24.3 Å². The molecular formula is C24H28N4O2S. The summed E-state index contributed by atoms with van der Waals surface area (Å²) in [4.78, 5) is 17.3. The summed E-state index contributed by atoms with van der Waals surface area (Å²) in [6.07, 6.45) is 0.798. The maximum Gasteiger partial charge on any atom is 0.251 e. The molecule has 1 amide bonds. The highest BCUT2D eigenvalue weighted by Crippen LogP contribution is 2.27. The van der Waals surface area contributed by atoms with Crippen molar-refractivity contribution in [3.63, 3.8) is 0 Å². The number of amides is 1. The molecule has 1 heterocycles. The van der Waals surface area contributed by atoms with Gasteiger partial charge < -0.3 is 20.7 Å². The molecule has 0 atom stereocenters. The van der Waals surface area contributed by atoms with Gasteiger partial charge in [-0.2, -0.15) is 0 Å². The van der Waals surface area contributed by atoms with Gasteiger partial charge in [-0.25, -0.2) is 0 Å². The molecule has 0 aliphatic rings. The molecule has 31 heavy (non-hydrogen) atoms. The Hall–Kier alpha value is -3.32. The molecule has 0 unspecified atom stereocenters. The van der Waals surface area contributed by atoms with E-state index in [0.29, 0.717) is 12.1 Å². The Kier molecular flexibility index (Phi) is 8.06. The van der Waals surface area contributed by atoms with Gasteiger partial charge in [0.05, 0.1) is 13.7 Å². The topological polar surface area (TPSA) is 74.8 Å². The molecule has 0 aliphatic carbocycles. The predicted molar refractivity (Wildman–Crippen MR) is 128 cm³/mol. The van der Waals surface area contributed by atoms with Crippen molar-refractivity contribution < 1.29 is 9.53 Å². The summed E-state index contributed by atoms with van der Waals surface area (Å²) in [7, 11) is 5.07. The van der Waals surface area contributed by atoms with E-state index in [-0.39, 0.29) is 5.91 Å². The number of carbonyl (C=O) groups is 1. The Balaban J connectivity index is 1.49. The van der Waals surface area contributed by atoms with Gasteiger partial charge >= 0.3 is 0 Å². The van der Waals surface area contributed by atoms with Crippen molar-refractivity contribution in [2.24, 2.45) is 4.99 Å². The van der Waals surface area contributed by atoms with E-state index in [2.05, 4.69) is 44.5 Å². The third-order valence-electron chi connectivity index (χ3n) is 4.85. The molecule has 3 N–H and O–H groups in total. The number of benzene rings is 2. The normalized spacial score (nSPS) is 11.1. The van der Waals surface area contributed by atoms with Crippen LogP contribution in [0.2, 0.25) is 0 Å². The third kappa shape index (κ3) is 6.33. The van der Waals surface area contributed by atoms with Crippen molar-refractivity contribution >= 4 is 23.2 Å². The Bertz CT molecular complexity index is 1030. The number of guanidine groups is 1. The van der Waals surface area contributed by atoms with Gasteiger partial charge in [0.2, 0.25) is 0 Å². The van der Waals surface area contributed by atoms with Crippen molar-refractivity contribution in [3.8, 4) is 16.9 Å². The fourth-order valence-corrected chi connectivity index (χ4v) is 3.97. The lowest BCUT2D eigenvalue weighted by atomic mass is 10.1. The molecule has 2 aromatic carbocycles. The van der Waals surface area contributed by atoms with Crippen LogP contribution in [0.25, 0.3) is 11.1 Å². The highest BCUT2D eigenvalue weighted by atomic mass is 32.1. The van der Waals surface area contributed by atoms with Crippen molar-refractivity contribution in [2.75, 3.05) is 27.7 Å². The Morgan fingerprint density at radius 2 is 1.87 bits per heavy atom. The van der Waals surface area contributed by atoms with E-state index in [1.807, 2.05) is 36.4 Å². The van der Waals surface area contributed by atoms with Crippen LogP contribution in [0.15, 0.2) is 65.0 Å². The standard InChI is InChI=1S/C24H28N4O2S/c1-25-23(29)19-6-4-5-17(13-19)11-12-27-24(26-2)28-15-22-14-20(16-31-22)18-7-9-21(30-3)10-8-18/h4-10,13-14,16H,11-12,15H2,1-3H3,(H,25,29)(H2,26,27,28). The fraction of sp³-hybridized carbons (Fsp3) is 0.250. The predicted octanol–water partition coefficient (Wildman–Crippen LogP) is 3.69. The maximum absolute atomic E-state index is 11.8. The molecule has 0 spiro atoms. The molecule has 6 nitrogen and oxygen atoms in total. The average molecular weight is 437 g/mol. The summed E-state index contributed by atoms with van der Waals surface area (Å²) in [6, 6.07) is 17.9.